The average molecular weight is 276 g/mol. The number of methoxy groups -OCH3 is 1. The van der Waals surface area contributed by atoms with Crippen molar-refractivity contribution in [3.63, 3.8) is 0 Å². The molecular weight excluding hydrogens is 262 g/mol. The molecule has 0 fully saturated rings. The molecule has 0 aliphatic heterocycles. The summed E-state index contributed by atoms with van der Waals surface area (Å²) in [6.45, 7) is 1.57. The first kappa shape index (κ1) is 12.3. The van der Waals surface area contributed by atoms with Gasteiger partial charge in [-0.25, -0.2) is 0 Å². The number of rotatable bonds is 3. The lowest BCUT2D eigenvalue weighted by atomic mass is 10.0. The third-order valence-corrected chi connectivity index (χ3v) is 2.63. The molecule has 1 rings (SSSR count). The zero-order valence-corrected chi connectivity index (χ0v) is 10.2. The molecule has 0 aliphatic carbocycles. The van der Waals surface area contributed by atoms with Crippen molar-refractivity contribution >= 4 is 15.9 Å². The molecular formula is C10H14BrNO3. The van der Waals surface area contributed by atoms with Crippen molar-refractivity contribution in [1.29, 1.82) is 0 Å². The molecule has 0 aromatic heterocycles. The SMILES string of the molecule is COc1cc(Br)cc([C@H](N)[C@@H](C)O)c1O. The van der Waals surface area contributed by atoms with Crippen LogP contribution in [0.4, 0.5) is 0 Å². The lowest BCUT2D eigenvalue weighted by Crippen LogP contribution is -2.23. The highest BCUT2D eigenvalue weighted by atomic mass is 79.9. The molecule has 0 amide bonds. The minimum Gasteiger partial charge on any atom is -0.504 e. The van der Waals surface area contributed by atoms with Crippen molar-refractivity contribution in [1.82, 2.24) is 0 Å². The molecule has 2 atom stereocenters. The monoisotopic (exact) mass is 275 g/mol. The Morgan fingerprint density at radius 2 is 2.07 bits per heavy atom. The summed E-state index contributed by atoms with van der Waals surface area (Å²) < 4.78 is 5.72. The molecule has 5 heteroatoms. The summed E-state index contributed by atoms with van der Waals surface area (Å²) in [6.07, 6.45) is -0.741. The Kier molecular flexibility index (Phi) is 3.96. The van der Waals surface area contributed by atoms with Gasteiger partial charge in [0, 0.05) is 10.0 Å². The number of phenols is 1. The van der Waals surface area contributed by atoms with Crippen LogP contribution in [0.15, 0.2) is 16.6 Å². The Hall–Kier alpha value is -0.780. The molecule has 84 valence electrons. The first-order valence-electron chi connectivity index (χ1n) is 4.47. The third kappa shape index (κ3) is 2.62. The lowest BCUT2D eigenvalue weighted by molar-refractivity contribution is 0.162. The summed E-state index contributed by atoms with van der Waals surface area (Å²) in [4.78, 5) is 0. The van der Waals surface area contributed by atoms with Crippen LogP contribution >= 0.6 is 15.9 Å². The molecule has 0 saturated carbocycles. The standard InChI is InChI=1S/C10H14BrNO3/c1-5(13)9(12)7-3-6(11)4-8(15-2)10(7)14/h3-5,9,13-14H,12H2,1-2H3/t5-,9-/m1/s1. The second-order valence-electron chi connectivity index (χ2n) is 3.31. The van der Waals surface area contributed by atoms with Gasteiger partial charge in [0.25, 0.3) is 0 Å². The number of hydrogen-bond donors (Lipinski definition) is 3. The van der Waals surface area contributed by atoms with E-state index >= 15 is 0 Å². The van der Waals surface area contributed by atoms with Crippen LogP contribution in [0.25, 0.3) is 0 Å². The van der Waals surface area contributed by atoms with Gasteiger partial charge in [-0.1, -0.05) is 15.9 Å². The van der Waals surface area contributed by atoms with Gasteiger partial charge in [-0.2, -0.15) is 0 Å². The van der Waals surface area contributed by atoms with E-state index in [0.29, 0.717) is 11.3 Å². The molecule has 0 unspecified atom stereocenters. The molecule has 0 heterocycles. The topological polar surface area (TPSA) is 75.7 Å². The van der Waals surface area contributed by atoms with E-state index in [1.165, 1.54) is 7.11 Å². The summed E-state index contributed by atoms with van der Waals surface area (Å²) in [5, 5.41) is 19.2. The number of ether oxygens (including phenoxy) is 1. The zero-order valence-electron chi connectivity index (χ0n) is 8.57. The van der Waals surface area contributed by atoms with Crippen LogP contribution in [0.3, 0.4) is 0 Å². The maximum atomic E-state index is 9.80. The molecule has 1 aromatic carbocycles. The Morgan fingerprint density at radius 1 is 1.47 bits per heavy atom. The highest BCUT2D eigenvalue weighted by molar-refractivity contribution is 9.10. The van der Waals surface area contributed by atoms with E-state index in [0.717, 1.165) is 4.47 Å². The van der Waals surface area contributed by atoms with Crippen LogP contribution in [-0.4, -0.2) is 23.4 Å². The predicted octanol–water partition coefficient (Wildman–Crippen LogP) is 1.54. The molecule has 1 aromatic rings. The minimum absolute atomic E-state index is 0.0332. The van der Waals surface area contributed by atoms with Crippen molar-refractivity contribution in [2.75, 3.05) is 7.11 Å². The summed E-state index contributed by atoms with van der Waals surface area (Å²) in [7, 11) is 1.46. The first-order chi connectivity index (χ1) is 6.97. The van der Waals surface area contributed by atoms with Gasteiger partial charge < -0.3 is 20.7 Å². The number of nitrogens with two attached hydrogens (primary N) is 1. The van der Waals surface area contributed by atoms with Gasteiger partial charge >= 0.3 is 0 Å². The number of aliphatic hydroxyl groups is 1. The number of phenolic OH excluding ortho intramolecular Hbond substituents is 1. The van der Waals surface area contributed by atoms with E-state index in [1.54, 1.807) is 19.1 Å². The van der Waals surface area contributed by atoms with Crippen LogP contribution < -0.4 is 10.5 Å². The number of hydrogen-bond acceptors (Lipinski definition) is 4. The molecule has 4 nitrogen and oxygen atoms in total. The number of aromatic hydroxyl groups is 1. The van der Waals surface area contributed by atoms with E-state index in [9.17, 15) is 10.2 Å². The van der Waals surface area contributed by atoms with Crippen molar-refractivity contribution < 1.29 is 14.9 Å². The second kappa shape index (κ2) is 4.83. The van der Waals surface area contributed by atoms with Gasteiger partial charge in [-0.3, -0.25) is 0 Å². The molecule has 0 spiro atoms. The smallest absolute Gasteiger partial charge is 0.162 e. The maximum absolute atomic E-state index is 9.80. The quantitative estimate of drug-likeness (QED) is 0.782. The summed E-state index contributed by atoms with van der Waals surface area (Å²) in [5.41, 5.74) is 6.20. The Labute approximate surface area is 96.8 Å². The largest absolute Gasteiger partial charge is 0.504 e. The van der Waals surface area contributed by atoms with Gasteiger partial charge in [-0.05, 0) is 19.1 Å². The van der Waals surface area contributed by atoms with E-state index in [4.69, 9.17) is 10.5 Å². The lowest BCUT2D eigenvalue weighted by Gasteiger charge is -2.18. The Balaban J connectivity index is 3.22. The molecule has 4 N–H and O–H groups in total. The molecule has 0 aliphatic rings. The third-order valence-electron chi connectivity index (χ3n) is 2.17. The summed E-state index contributed by atoms with van der Waals surface area (Å²) >= 11 is 3.28. The van der Waals surface area contributed by atoms with Crippen molar-refractivity contribution in [2.24, 2.45) is 5.73 Å². The maximum Gasteiger partial charge on any atom is 0.162 e. The molecule has 0 radical (unpaired) electrons. The second-order valence-corrected chi connectivity index (χ2v) is 4.23. The van der Waals surface area contributed by atoms with Gasteiger partial charge in [0.15, 0.2) is 11.5 Å². The van der Waals surface area contributed by atoms with Crippen molar-refractivity contribution in [2.45, 2.75) is 19.1 Å². The number of halogens is 1. The van der Waals surface area contributed by atoms with Crippen LogP contribution in [-0.2, 0) is 0 Å². The fraction of sp³-hybridized carbons (Fsp3) is 0.400. The first-order valence-corrected chi connectivity index (χ1v) is 5.26. The van der Waals surface area contributed by atoms with E-state index in [2.05, 4.69) is 15.9 Å². The molecule has 0 bridgehead atoms. The van der Waals surface area contributed by atoms with E-state index in [1.807, 2.05) is 0 Å². The molecule has 15 heavy (non-hydrogen) atoms. The summed E-state index contributed by atoms with van der Waals surface area (Å²) in [5.74, 6) is 0.296. The fourth-order valence-electron chi connectivity index (χ4n) is 1.26. The van der Waals surface area contributed by atoms with Crippen LogP contribution in [0.1, 0.15) is 18.5 Å². The van der Waals surface area contributed by atoms with Crippen LogP contribution in [0.2, 0.25) is 0 Å². The Bertz CT molecular complexity index is 355. The van der Waals surface area contributed by atoms with Crippen LogP contribution in [0.5, 0.6) is 11.5 Å². The highest BCUT2D eigenvalue weighted by Gasteiger charge is 2.19. The number of benzene rings is 1. The minimum atomic E-state index is -0.741. The Morgan fingerprint density at radius 3 is 2.53 bits per heavy atom. The van der Waals surface area contributed by atoms with E-state index < -0.39 is 12.1 Å². The van der Waals surface area contributed by atoms with Crippen molar-refractivity contribution in [3.05, 3.63) is 22.2 Å². The number of aliphatic hydroxyl groups excluding tert-OH is 1. The highest BCUT2D eigenvalue weighted by Crippen LogP contribution is 2.36. The normalized spacial score (nSPS) is 14.7. The average Bonchev–Trinajstić information content (AvgIpc) is 2.19. The van der Waals surface area contributed by atoms with Crippen LogP contribution in [0, 0.1) is 0 Å². The summed E-state index contributed by atoms with van der Waals surface area (Å²) in [6, 6.07) is 2.65. The van der Waals surface area contributed by atoms with Gasteiger partial charge in [0.05, 0.1) is 19.3 Å². The van der Waals surface area contributed by atoms with Gasteiger partial charge in [-0.15, -0.1) is 0 Å². The fourth-order valence-corrected chi connectivity index (χ4v) is 1.72. The van der Waals surface area contributed by atoms with Gasteiger partial charge in [0.2, 0.25) is 0 Å². The van der Waals surface area contributed by atoms with Gasteiger partial charge in [0.1, 0.15) is 0 Å². The van der Waals surface area contributed by atoms with Crippen molar-refractivity contribution in [3.8, 4) is 11.5 Å². The zero-order chi connectivity index (χ0) is 11.6. The van der Waals surface area contributed by atoms with E-state index in [-0.39, 0.29) is 5.75 Å². The molecule has 0 saturated heterocycles. The predicted molar refractivity (Wildman–Crippen MR) is 61.0 cm³/mol.